The Morgan fingerprint density at radius 2 is 1.50 bits per heavy atom. The normalized spacial score (nSPS) is 13.6. The molecule has 20 heavy (non-hydrogen) atoms. The first-order chi connectivity index (χ1) is 9.86. The van der Waals surface area contributed by atoms with Crippen molar-refractivity contribution in [1.29, 1.82) is 0 Å². The first-order valence-electron chi connectivity index (χ1n) is 7.40. The monoisotopic (exact) mass is 267 g/mol. The van der Waals surface area contributed by atoms with Crippen LogP contribution in [-0.4, -0.2) is 29.7 Å². The van der Waals surface area contributed by atoms with Crippen LogP contribution in [0.5, 0.6) is 0 Å². The van der Waals surface area contributed by atoms with Crippen LogP contribution in [0.1, 0.15) is 30.5 Å². The van der Waals surface area contributed by atoms with Crippen molar-refractivity contribution < 1.29 is 5.11 Å². The quantitative estimate of drug-likeness (QED) is 0.896. The third-order valence-electron chi connectivity index (χ3n) is 4.18. The van der Waals surface area contributed by atoms with Gasteiger partial charge in [-0.05, 0) is 35.2 Å². The van der Waals surface area contributed by atoms with E-state index in [1.54, 1.807) is 0 Å². The number of nitrogens with zero attached hydrogens (tertiary/aromatic N) is 1. The summed E-state index contributed by atoms with van der Waals surface area (Å²) in [4.78, 5) is 2.46. The molecule has 0 saturated carbocycles. The van der Waals surface area contributed by atoms with Crippen molar-refractivity contribution in [2.75, 3.05) is 19.7 Å². The van der Waals surface area contributed by atoms with Crippen LogP contribution in [-0.2, 0) is 0 Å². The van der Waals surface area contributed by atoms with E-state index in [4.69, 9.17) is 5.11 Å². The minimum Gasteiger partial charge on any atom is -0.396 e. The summed E-state index contributed by atoms with van der Waals surface area (Å²) in [5.41, 5.74) is 5.51. The number of aliphatic hydroxyl groups excluding tert-OH is 1. The number of rotatable bonds is 5. The largest absolute Gasteiger partial charge is 0.396 e. The fourth-order valence-electron chi connectivity index (χ4n) is 3.27. The van der Waals surface area contributed by atoms with E-state index >= 15 is 0 Å². The zero-order valence-electron chi connectivity index (χ0n) is 11.9. The number of fused-ring (bicyclic) bond motifs is 3. The van der Waals surface area contributed by atoms with Gasteiger partial charge in [-0.1, -0.05) is 55.5 Å². The highest BCUT2D eigenvalue weighted by Gasteiger charge is 2.31. The third kappa shape index (κ3) is 2.15. The van der Waals surface area contributed by atoms with Crippen molar-refractivity contribution >= 4 is 0 Å². The van der Waals surface area contributed by atoms with E-state index in [1.165, 1.54) is 22.3 Å². The molecule has 0 heterocycles. The molecule has 0 bridgehead atoms. The molecular formula is C18H21NO. The van der Waals surface area contributed by atoms with Crippen LogP contribution in [0.15, 0.2) is 48.5 Å². The van der Waals surface area contributed by atoms with Crippen LogP contribution in [0.3, 0.4) is 0 Å². The molecule has 3 rings (SSSR count). The summed E-state index contributed by atoms with van der Waals surface area (Å²) in [6.45, 7) is 4.38. The van der Waals surface area contributed by atoms with Crippen molar-refractivity contribution in [2.24, 2.45) is 0 Å². The van der Waals surface area contributed by atoms with Gasteiger partial charge in [-0.25, -0.2) is 0 Å². The molecule has 0 aliphatic heterocycles. The van der Waals surface area contributed by atoms with Crippen LogP contribution in [0, 0.1) is 0 Å². The first kappa shape index (κ1) is 13.3. The van der Waals surface area contributed by atoms with Gasteiger partial charge in [-0.3, -0.25) is 4.90 Å². The van der Waals surface area contributed by atoms with E-state index in [1.807, 2.05) is 0 Å². The Morgan fingerprint density at radius 3 is 2.00 bits per heavy atom. The van der Waals surface area contributed by atoms with Gasteiger partial charge in [-0.15, -0.1) is 0 Å². The standard InChI is InChI=1S/C18H21NO/c1-2-19(12-7-13-20)18-16-10-5-3-8-14(16)15-9-4-6-11-17(15)18/h3-6,8-11,18,20H,2,7,12-13H2,1H3. The second-order valence-electron chi connectivity index (χ2n) is 5.28. The molecule has 0 fully saturated rings. The lowest BCUT2D eigenvalue weighted by Crippen LogP contribution is -2.29. The Morgan fingerprint density at radius 1 is 0.950 bits per heavy atom. The van der Waals surface area contributed by atoms with Gasteiger partial charge in [-0.2, -0.15) is 0 Å². The Balaban J connectivity index is 2.06. The average Bonchev–Trinajstić information content (AvgIpc) is 2.84. The predicted octanol–water partition coefficient (Wildman–Crippen LogP) is 3.46. The molecule has 0 aromatic heterocycles. The van der Waals surface area contributed by atoms with Crippen LogP contribution in [0.4, 0.5) is 0 Å². The van der Waals surface area contributed by atoms with Gasteiger partial charge in [0, 0.05) is 13.2 Å². The number of hydrogen-bond acceptors (Lipinski definition) is 2. The van der Waals surface area contributed by atoms with E-state index in [0.29, 0.717) is 6.04 Å². The van der Waals surface area contributed by atoms with Gasteiger partial charge < -0.3 is 5.11 Å². The lowest BCUT2D eigenvalue weighted by Gasteiger charge is -2.29. The maximum absolute atomic E-state index is 9.12. The van der Waals surface area contributed by atoms with Crippen molar-refractivity contribution in [3.05, 3.63) is 59.7 Å². The Kier molecular flexibility index (Phi) is 3.86. The Hall–Kier alpha value is -1.64. The van der Waals surface area contributed by atoms with Gasteiger partial charge in [0.15, 0.2) is 0 Å². The molecule has 0 saturated heterocycles. The van der Waals surface area contributed by atoms with Crippen molar-refractivity contribution in [3.8, 4) is 11.1 Å². The maximum atomic E-state index is 9.12. The summed E-state index contributed by atoms with van der Waals surface area (Å²) in [6.07, 6.45) is 0.828. The second kappa shape index (κ2) is 5.78. The minimum absolute atomic E-state index is 0.256. The maximum Gasteiger partial charge on any atom is 0.0613 e. The highest BCUT2D eigenvalue weighted by molar-refractivity contribution is 5.78. The zero-order chi connectivity index (χ0) is 13.9. The highest BCUT2D eigenvalue weighted by atomic mass is 16.3. The molecule has 2 heteroatoms. The average molecular weight is 267 g/mol. The van der Waals surface area contributed by atoms with Gasteiger partial charge in [0.25, 0.3) is 0 Å². The third-order valence-corrected chi connectivity index (χ3v) is 4.18. The molecule has 104 valence electrons. The van der Waals surface area contributed by atoms with Crippen LogP contribution in [0.25, 0.3) is 11.1 Å². The van der Waals surface area contributed by atoms with Crippen LogP contribution >= 0.6 is 0 Å². The predicted molar refractivity (Wildman–Crippen MR) is 82.7 cm³/mol. The van der Waals surface area contributed by atoms with E-state index < -0.39 is 0 Å². The molecule has 1 aliphatic carbocycles. The molecule has 0 radical (unpaired) electrons. The SMILES string of the molecule is CCN(CCCO)C1c2ccccc2-c2ccccc21. The minimum atomic E-state index is 0.256. The molecule has 0 atom stereocenters. The highest BCUT2D eigenvalue weighted by Crippen LogP contribution is 2.45. The van der Waals surface area contributed by atoms with Crippen molar-refractivity contribution in [1.82, 2.24) is 4.90 Å². The number of hydrogen-bond donors (Lipinski definition) is 1. The second-order valence-corrected chi connectivity index (χ2v) is 5.28. The lowest BCUT2D eigenvalue weighted by atomic mass is 10.0. The Labute approximate surface area is 120 Å². The fraction of sp³-hybridized carbons (Fsp3) is 0.333. The molecule has 0 unspecified atom stereocenters. The Bertz CT molecular complexity index is 548. The molecule has 1 N–H and O–H groups in total. The van der Waals surface area contributed by atoms with Crippen LogP contribution in [0.2, 0.25) is 0 Å². The van der Waals surface area contributed by atoms with Gasteiger partial charge >= 0.3 is 0 Å². The summed E-state index contributed by atoms with van der Waals surface area (Å²) < 4.78 is 0. The van der Waals surface area contributed by atoms with E-state index in [0.717, 1.165) is 19.5 Å². The lowest BCUT2D eigenvalue weighted by molar-refractivity contribution is 0.204. The molecule has 2 nitrogen and oxygen atoms in total. The smallest absolute Gasteiger partial charge is 0.0613 e. The fourth-order valence-corrected chi connectivity index (χ4v) is 3.27. The molecular weight excluding hydrogens is 246 g/mol. The zero-order valence-corrected chi connectivity index (χ0v) is 11.9. The van der Waals surface area contributed by atoms with Crippen molar-refractivity contribution in [3.63, 3.8) is 0 Å². The van der Waals surface area contributed by atoms with E-state index in [2.05, 4.69) is 60.4 Å². The van der Waals surface area contributed by atoms with Gasteiger partial charge in [0.2, 0.25) is 0 Å². The number of benzene rings is 2. The summed E-state index contributed by atoms with van der Waals surface area (Å²) in [7, 11) is 0. The topological polar surface area (TPSA) is 23.5 Å². The summed E-state index contributed by atoms with van der Waals surface area (Å²) in [6, 6.07) is 17.7. The molecule has 0 spiro atoms. The number of aliphatic hydroxyl groups is 1. The molecule has 2 aromatic rings. The molecule has 0 amide bonds. The molecule has 1 aliphatic rings. The van der Waals surface area contributed by atoms with Gasteiger partial charge in [0.05, 0.1) is 6.04 Å². The van der Waals surface area contributed by atoms with Gasteiger partial charge in [0.1, 0.15) is 0 Å². The van der Waals surface area contributed by atoms with E-state index in [-0.39, 0.29) is 6.61 Å². The summed E-state index contributed by atoms with van der Waals surface area (Å²) >= 11 is 0. The summed E-state index contributed by atoms with van der Waals surface area (Å²) in [5.74, 6) is 0. The molecule has 2 aromatic carbocycles. The summed E-state index contributed by atoms with van der Waals surface area (Å²) in [5, 5.41) is 9.12. The van der Waals surface area contributed by atoms with Crippen molar-refractivity contribution in [2.45, 2.75) is 19.4 Å². The van der Waals surface area contributed by atoms with E-state index in [9.17, 15) is 0 Å². The first-order valence-corrected chi connectivity index (χ1v) is 7.40. The van der Waals surface area contributed by atoms with Crippen LogP contribution < -0.4 is 0 Å².